The van der Waals surface area contributed by atoms with Gasteiger partial charge in [-0.3, -0.25) is 4.79 Å². The van der Waals surface area contributed by atoms with Gasteiger partial charge < -0.3 is 10.1 Å². The summed E-state index contributed by atoms with van der Waals surface area (Å²) < 4.78 is 5.14. The van der Waals surface area contributed by atoms with Crippen LogP contribution in [0, 0.1) is 5.41 Å². The van der Waals surface area contributed by atoms with E-state index in [0.717, 1.165) is 0 Å². The van der Waals surface area contributed by atoms with Gasteiger partial charge in [-0.1, -0.05) is 6.07 Å². The molecule has 0 atom stereocenters. The molecule has 2 rings (SSSR count). The first-order valence-corrected chi connectivity index (χ1v) is 6.51. The molecular formula is C15H20N2O3. The Hall–Kier alpha value is -2.04. The fourth-order valence-corrected chi connectivity index (χ4v) is 2.10. The van der Waals surface area contributed by atoms with Crippen molar-refractivity contribution in [2.75, 3.05) is 12.0 Å². The molecule has 1 N–H and O–H groups in total. The maximum absolute atomic E-state index is 12.7. The number of amides is 3. The monoisotopic (exact) mass is 276 g/mol. The number of anilines is 1. The lowest BCUT2D eigenvalue weighted by Gasteiger charge is -2.48. The SMILES string of the molecule is COc1cccc(N2C(=O)NC(C)(C)C(C)(C)C2=O)c1. The molecule has 0 spiro atoms. The zero-order valence-corrected chi connectivity index (χ0v) is 12.5. The second kappa shape index (κ2) is 4.51. The maximum Gasteiger partial charge on any atom is 0.329 e. The van der Waals surface area contributed by atoms with E-state index in [2.05, 4.69) is 5.32 Å². The normalized spacial score (nSPS) is 20.6. The van der Waals surface area contributed by atoms with E-state index in [4.69, 9.17) is 4.74 Å². The Morgan fingerprint density at radius 3 is 2.40 bits per heavy atom. The minimum absolute atomic E-state index is 0.223. The molecule has 0 aliphatic carbocycles. The number of hydrogen-bond acceptors (Lipinski definition) is 3. The highest BCUT2D eigenvalue weighted by Gasteiger charge is 2.52. The minimum Gasteiger partial charge on any atom is -0.497 e. The Morgan fingerprint density at radius 2 is 1.80 bits per heavy atom. The number of rotatable bonds is 2. The van der Waals surface area contributed by atoms with Crippen LogP contribution in [0.15, 0.2) is 24.3 Å². The predicted molar refractivity (Wildman–Crippen MR) is 76.9 cm³/mol. The van der Waals surface area contributed by atoms with Crippen LogP contribution in [0.3, 0.4) is 0 Å². The van der Waals surface area contributed by atoms with E-state index in [1.807, 2.05) is 27.7 Å². The summed E-state index contributed by atoms with van der Waals surface area (Å²) in [6.45, 7) is 7.38. The maximum atomic E-state index is 12.7. The first-order valence-electron chi connectivity index (χ1n) is 6.51. The molecule has 1 aromatic carbocycles. The molecule has 1 aromatic rings. The number of ether oxygens (including phenoxy) is 1. The highest BCUT2D eigenvalue weighted by atomic mass is 16.5. The van der Waals surface area contributed by atoms with Crippen LogP contribution in [0.5, 0.6) is 5.75 Å². The van der Waals surface area contributed by atoms with Crippen LogP contribution in [-0.4, -0.2) is 24.6 Å². The Bertz CT molecular complexity index is 564. The fraction of sp³-hybridized carbons (Fsp3) is 0.467. The molecule has 1 aliphatic heterocycles. The average Bonchev–Trinajstić information content (AvgIpc) is 2.37. The van der Waals surface area contributed by atoms with Gasteiger partial charge in [0.05, 0.1) is 23.8 Å². The summed E-state index contributed by atoms with van der Waals surface area (Å²) >= 11 is 0. The van der Waals surface area contributed by atoms with Gasteiger partial charge in [0.2, 0.25) is 5.91 Å². The molecule has 0 aromatic heterocycles. The second-order valence-corrected chi connectivity index (χ2v) is 6.02. The van der Waals surface area contributed by atoms with Crippen molar-refractivity contribution in [3.63, 3.8) is 0 Å². The van der Waals surface area contributed by atoms with Gasteiger partial charge in [0, 0.05) is 6.07 Å². The molecule has 1 heterocycles. The zero-order valence-electron chi connectivity index (χ0n) is 12.5. The van der Waals surface area contributed by atoms with Gasteiger partial charge in [-0.05, 0) is 39.8 Å². The van der Waals surface area contributed by atoms with E-state index < -0.39 is 17.0 Å². The van der Waals surface area contributed by atoms with Gasteiger partial charge >= 0.3 is 6.03 Å². The quantitative estimate of drug-likeness (QED) is 0.903. The van der Waals surface area contributed by atoms with Crippen molar-refractivity contribution in [3.8, 4) is 5.75 Å². The van der Waals surface area contributed by atoms with Gasteiger partial charge in [-0.25, -0.2) is 9.69 Å². The minimum atomic E-state index is -0.704. The first kappa shape index (κ1) is 14.4. The summed E-state index contributed by atoms with van der Waals surface area (Å²) in [5.74, 6) is 0.380. The Kier molecular flexibility index (Phi) is 3.24. The van der Waals surface area contributed by atoms with Crippen molar-refractivity contribution in [2.24, 2.45) is 5.41 Å². The molecule has 1 saturated heterocycles. The van der Waals surface area contributed by atoms with E-state index in [0.29, 0.717) is 11.4 Å². The Labute approximate surface area is 118 Å². The third-order valence-electron chi connectivity index (χ3n) is 4.23. The molecule has 5 nitrogen and oxygen atoms in total. The van der Waals surface area contributed by atoms with Crippen molar-refractivity contribution < 1.29 is 14.3 Å². The summed E-state index contributed by atoms with van der Waals surface area (Å²) in [6.07, 6.45) is 0. The summed E-state index contributed by atoms with van der Waals surface area (Å²) in [5, 5.41) is 2.89. The number of nitrogens with zero attached hydrogens (tertiary/aromatic N) is 1. The first-order chi connectivity index (χ1) is 9.20. The van der Waals surface area contributed by atoms with Gasteiger partial charge in [0.15, 0.2) is 0 Å². The second-order valence-electron chi connectivity index (χ2n) is 6.02. The molecule has 0 unspecified atom stereocenters. The number of benzene rings is 1. The van der Waals surface area contributed by atoms with Crippen molar-refractivity contribution in [1.82, 2.24) is 5.32 Å². The number of hydrogen-bond donors (Lipinski definition) is 1. The van der Waals surface area contributed by atoms with Gasteiger partial charge in [-0.15, -0.1) is 0 Å². The highest BCUT2D eigenvalue weighted by molar-refractivity contribution is 6.18. The molecule has 108 valence electrons. The van der Waals surface area contributed by atoms with Crippen molar-refractivity contribution in [1.29, 1.82) is 0 Å². The van der Waals surface area contributed by atoms with Crippen LogP contribution in [0.4, 0.5) is 10.5 Å². The number of urea groups is 1. The van der Waals surface area contributed by atoms with Gasteiger partial charge in [-0.2, -0.15) is 0 Å². The molecule has 0 saturated carbocycles. The van der Waals surface area contributed by atoms with E-state index in [1.54, 1.807) is 31.4 Å². The fourth-order valence-electron chi connectivity index (χ4n) is 2.10. The molecule has 20 heavy (non-hydrogen) atoms. The van der Waals surface area contributed by atoms with E-state index in [9.17, 15) is 9.59 Å². The van der Waals surface area contributed by atoms with Gasteiger partial charge in [0.1, 0.15) is 5.75 Å². The summed E-state index contributed by atoms with van der Waals surface area (Å²) in [7, 11) is 1.55. The molecular weight excluding hydrogens is 256 g/mol. The lowest BCUT2D eigenvalue weighted by Crippen LogP contribution is -2.69. The van der Waals surface area contributed by atoms with Crippen molar-refractivity contribution >= 4 is 17.6 Å². The summed E-state index contributed by atoms with van der Waals surface area (Å²) in [5.41, 5.74) is -0.795. The third kappa shape index (κ3) is 2.03. The van der Waals surface area contributed by atoms with Crippen molar-refractivity contribution in [2.45, 2.75) is 33.2 Å². The van der Waals surface area contributed by atoms with Crippen LogP contribution in [0.2, 0.25) is 0 Å². The van der Waals surface area contributed by atoms with Crippen LogP contribution < -0.4 is 15.0 Å². The topological polar surface area (TPSA) is 58.6 Å². The highest BCUT2D eigenvalue weighted by Crippen LogP contribution is 2.38. The number of nitrogens with one attached hydrogen (secondary N) is 1. The molecule has 0 radical (unpaired) electrons. The van der Waals surface area contributed by atoms with Crippen molar-refractivity contribution in [3.05, 3.63) is 24.3 Å². The van der Waals surface area contributed by atoms with Gasteiger partial charge in [0.25, 0.3) is 0 Å². The van der Waals surface area contributed by atoms with E-state index >= 15 is 0 Å². The van der Waals surface area contributed by atoms with E-state index in [1.165, 1.54) is 4.90 Å². The predicted octanol–water partition coefficient (Wildman–Crippen LogP) is 2.56. The number of methoxy groups -OCH3 is 1. The zero-order chi connectivity index (χ0) is 15.1. The van der Waals surface area contributed by atoms with E-state index in [-0.39, 0.29) is 5.91 Å². The lowest BCUT2D eigenvalue weighted by atomic mass is 9.72. The van der Waals surface area contributed by atoms with Crippen LogP contribution in [-0.2, 0) is 4.79 Å². The average molecular weight is 276 g/mol. The van der Waals surface area contributed by atoms with Crippen LogP contribution >= 0.6 is 0 Å². The molecule has 3 amide bonds. The Balaban J connectivity index is 2.46. The lowest BCUT2D eigenvalue weighted by molar-refractivity contribution is -0.130. The molecule has 1 aliphatic rings. The summed E-state index contributed by atoms with van der Waals surface area (Å²) in [6, 6.07) is 6.50. The molecule has 5 heteroatoms. The third-order valence-corrected chi connectivity index (χ3v) is 4.23. The largest absolute Gasteiger partial charge is 0.497 e. The molecule has 1 fully saturated rings. The number of carbonyl (C=O) groups excluding carboxylic acids is 2. The number of imide groups is 1. The van der Waals surface area contributed by atoms with Crippen LogP contribution in [0.1, 0.15) is 27.7 Å². The Morgan fingerprint density at radius 1 is 1.15 bits per heavy atom. The van der Waals surface area contributed by atoms with Crippen LogP contribution in [0.25, 0.3) is 0 Å². The summed E-state index contributed by atoms with van der Waals surface area (Å²) in [4.78, 5) is 26.1. The smallest absolute Gasteiger partial charge is 0.329 e. The number of carbonyl (C=O) groups is 2. The molecule has 0 bridgehead atoms. The standard InChI is InChI=1S/C15H20N2O3/c1-14(2)12(18)17(13(19)16-15(14,3)4)10-7-6-8-11(9-10)20-5/h6-9H,1-5H3,(H,16,19).